The Balaban J connectivity index is 1.95. The highest BCUT2D eigenvalue weighted by molar-refractivity contribution is 6.08. The van der Waals surface area contributed by atoms with Gasteiger partial charge < -0.3 is 20.9 Å². The summed E-state index contributed by atoms with van der Waals surface area (Å²) in [6, 6.07) is 6.94. The lowest BCUT2D eigenvalue weighted by atomic mass is 10.1. The maximum absolute atomic E-state index is 12.8. The fraction of sp³-hybridized carbons (Fsp3) is 0.333. The molecule has 0 unspecified atom stereocenters. The SMILES string of the molecule is CNC(=O)[C@@H]1C[C@H](N)CN1C(=O)c1c[nH]c2ccccc12. The highest BCUT2D eigenvalue weighted by Crippen LogP contribution is 2.24. The molecule has 6 heteroatoms. The van der Waals surface area contributed by atoms with Crippen molar-refractivity contribution in [1.29, 1.82) is 0 Å². The van der Waals surface area contributed by atoms with Gasteiger partial charge in [-0.2, -0.15) is 0 Å². The summed E-state index contributed by atoms with van der Waals surface area (Å²) in [6.07, 6.45) is 2.19. The number of H-pyrrole nitrogens is 1. The number of nitrogens with zero attached hydrogens (tertiary/aromatic N) is 1. The molecule has 0 saturated carbocycles. The van der Waals surface area contributed by atoms with Gasteiger partial charge in [-0.1, -0.05) is 18.2 Å². The molecule has 1 aromatic heterocycles. The smallest absolute Gasteiger partial charge is 0.256 e. The van der Waals surface area contributed by atoms with Crippen LogP contribution in [0, 0.1) is 0 Å². The molecule has 3 rings (SSSR count). The van der Waals surface area contributed by atoms with Gasteiger partial charge in [-0.25, -0.2) is 0 Å². The van der Waals surface area contributed by atoms with E-state index in [9.17, 15) is 9.59 Å². The van der Waals surface area contributed by atoms with Crippen molar-refractivity contribution < 1.29 is 9.59 Å². The van der Waals surface area contributed by atoms with Gasteiger partial charge >= 0.3 is 0 Å². The standard InChI is InChI=1S/C15H18N4O2/c1-17-14(20)13-6-9(16)8-19(13)15(21)11-7-18-12-5-3-2-4-10(11)12/h2-5,7,9,13,18H,6,8,16H2,1H3,(H,17,20)/t9-,13-/m0/s1. The van der Waals surface area contributed by atoms with E-state index in [0.29, 0.717) is 18.5 Å². The normalized spacial score (nSPS) is 21.7. The van der Waals surface area contributed by atoms with Gasteiger partial charge in [0.15, 0.2) is 0 Å². The van der Waals surface area contributed by atoms with Crippen molar-refractivity contribution in [2.75, 3.05) is 13.6 Å². The summed E-state index contributed by atoms with van der Waals surface area (Å²) in [4.78, 5) is 29.4. The van der Waals surface area contributed by atoms with E-state index in [0.717, 1.165) is 10.9 Å². The Morgan fingerprint density at radius 1 is 1.38 bits per heavy atom. The zero-order valence-electron chi connectivity index (χ0n) is 11.8. The molecule has 6 nitrogen and oxygen atoms in total. The van der Waals surface area contributed by atoms with Crippen LogP contribution in [0.25, 0.3) is 10.9 Å². The van der Waals surface area contributed by atoms with Crippen LogP contribution in [0.3, 0.4) is 0 Å². The second kappa shape index (κ2) is 5.21. The summed E-state index contributed by atoms with van der Waals surface area (Å²) in [6.45, 7) is 0.399. The number of fused-ring (bicyclic) bond motifs is 1. The predicted octanol–water partition coefficient (Wildman–Crippen LogP) is 0.456. The molecule has 2 aromatic rings. The quantitative estimate of drug-likeness (QED) is 0.749. The predicted molar refractivity (Wildman–Crippen MR) is 79.8 cm³/mol. The Kier molecular flexibility index (Phi) is 3.39. The van der Waals surface area contributed by atoms with E-state index in [1.807, 2.05) is 24.3 Å². The Morgan fingerprint density at radius 3 is 2.90 bits per heavy atom. The monoisotopic (exact) mass is 286 g/mol. The molecule has 1 fully saturated rings. The summed E-state index contributed by atoms with van der Waals surface area (Å²) in [5.74, 6) is -0.329. The number of likely N-dealkylation sites (tertiary alicyclic amines) is 1. The number of carbonyl (C=O) groups is 2. The first-order valence-corrected chi connectivity index (χ1v) is 6.96. The van der Waals surface area contributed by atoms with Gasteiger partial charge in [0.1, 0.15) is 6.04 Å². The number of rotatable bonds is 2. The van der Waals surface area contributed by atoms with E-state index < -0.39 is 6.04 Å². The molecule has 0 aliphatic carbocycles. The first-order valence-electron chi connectivity index (χ1n) is 6.96. The number of likely N-dealkylation sites (N-methyl/N-ethyl adjacent to an activating group) is 1. The molecule has 2 atom stereocenters. The van der Waals surface area contributed by atoms with E-state index in [-0.39, 0.29) is 17.9 Å². The number of nitrogens with one attached hydrogen (secondary N) is 2. The Morgan fingerprint density at radius 2 is 2.14 bits per heavy atom. The van der Waals surface area contributed by atoms with E-state index in [2.05, 4.69) is 10.3 Å². The van der Waals surface area contributed by atoms with Crippen molar-refractivity contribution in [2.45, 2.75) is 18.5 Å². The Bertz CT molecular complexity index is 694. The molecule has 1 aliphatic rings. The second-order valence-electron chi connectivity index (χ2n) is 5.33. The van der Waals surface area contributed by atoms with Crippen LogP contribution in [-0.4, -0.2) is 47.4 Å². The molecular formula is C15H18N4O2. The highest BCUT2D eigenvalue weighted by atomic mass is 16.2. The van der Waals surface area contributed by atoms with E-state index in [1.54, 1.807) is 18.1 Å². The molecule has 0 spiro atoms. The van der Waals surface area contributed by atoms with Crippen molar-refractivity contribution >= 4 is 22.7 Å². The Hall–Kier alpha value is -2.34. The van der Waals surface area contributed by atoms with Crippen LogP contribution in [0.15, 0.2) is 30.5 Å². The average Bonchev–Trinajstić information content (AvgIpc) is 3.09. The summed E-state index contributed by atoms with van der Waals surface area (Å²) < 4.78 is 0. The van der Waals surface area contributed by atoms with Gasteiger partial charge in [0, 0.05) is 36.7 Å². The minimum Gasteiger partial charge on any atom is -0.360 e. The third-order valence-corrected chi connectivity index (χ3v) is 3.96. The van der Waals surface area contributed by atoms with Crippen LogP contribution in [-0.2, 0) is 4.79 Å². The molecule has 1 aromatic carbocycles. The molecule has 2 heterocycles. The zero-order chi connectivity index (χ0) is 15.0. The fourth-order valence-electron chi connectivity index (χ4n) is 2.91. The molecule has 1 saturated heterocycles. The van der Waals surface area contributed by atoms with Crippen molar-refractivity contribution in [3.05, 3.63) is 36.0 Å². The number of hydrogen-bond donors (Lipinski definition) is 3. The number of aromatic nitrogens is 1. The number of amides is 2. The van der Waals surface area contributed by atoms with Crippen LogP contribution in [0.2, 0.25) is 0 Å². The molecule has 1 aliphatic heterocycles. The number of aromatic amines is 1. The molecule has 2 amide bonds. The minimum atomic E-state index is -0.494. The van der Waals surface area contributed by atoms with E-state index >= 15 is 0 Å². The van der Waals surface area contributed by atoms with E-state index in [1.165, 1.54) is 0 Å². The molecule has 0 radical (unpaired) electrons. The second-order valence-corrected chi connectivity index (χ2v) is 5.33. The number of benzene rings is 1. The van der Waals surface area contributed by atoms with Crippen LogP contribution in [0.4, 0.5) is 0 Å². The van der Waals surface area contributed by atoms with Gasteiger partial charge in [-0.05, 0) is 12.5 Å². The summed E-state index contributed by atoms with van der Waals surface area (Å²) in [5.41, 5.74) is 7.41. The van der Waals surface area contributed by atoms with Crippen molar-refractivity contribution in [1.82, 2.24) is 15.2 Å². The van der Waals surface area contributed by atoms with Crippen molar-refractivity contribution in [3.8, 4) is 0 Å². The number of carbonyl (C=O) groups excluding carboxylic acids is 2. The number of nitrogens with two attached hydrogens (primary N) is 1. The zero-order valence-corrected chi connectivity index (χ0v) is 11.8. The molecule has 4 N–H and O–H groups in total. The molecule has 0 bridgehead atoms. The third-order valence-electron chi connectivity index (χ3n) is 3.96. The van der Waals surface area contributed by atoms with Gasteiger partial charge in [-0.15, -0.1) is 0 Å². The van der Waals surface area contributed by atoms with Gasteiger partial charge in [0.2, 0.25) is 5.91 Å². The van der Waals surface area contributed by atoms with Crippen LogP contribution >= 0.6 is 0 Å². The van der Waals surface area contributed by atoms with Gasteiger partial charge in [-0.3, -0.25) is 9.59 Å². The van der Waals surface area contributed by atoms with Crippen molar-refractivity contribution in [3.63, 3.8) is 0 Å². The first-order chi connectivity index (χ1) is 10.1. The summed E-state index contributed by atoms with van der Waals surface area (Å²) in [5, 5.41) is 3.46. The summed E-state index contributed by atoms with van der Waals surface area (Å²) >= 11 is 0. The largest absolute Gasteiger partial charge is 0.360 e. The van der Waals surface area contributed by atoms with Gasteiger partial charge in [0.05, 0.1) is 5.56 Å². The minimum absolute atomic E-state index is 0.158. The third kappa shape index (κ3) is 2.27. The number of hydrogen-bond acceptors (Lipinski definition) is 3. The molecular weight excluding hydrogens is 268 g/mol. The molecule has 110 valence electrons. The maximum Gasteiger partial charge on any atom is 0.256 e. The number of para-hydroxylation sites is 1. The van der Waals surface area contributed by atoms with Crippen LogP contribution in [0.5, 0.6) is 0 Å². The lowest BCUT2D eigenvalue weighted by Gasteiger charge is -2.22. The lowest BCUT2D eigenvalue weighted by molar-refractivity contribution is -0.124. The first kappa shape index (κ1) is 13.6. The van der Waals surface area contributed by atoms with Crippen molar-refractivity contribution in [2.24, 2.45) is 5.73 Å². The van der Waals surface area contributed by atoms with Crippen LogP contribution < -0.4 is 11.1 Å². The summed E-state index contributed by atoms with van der Waals surface area (Å²) in [7, 11) is 1.57. The van der Waals surface area contributed by atoms with E-state index in [4.69, 9.17) is 5.73 Å². The lowest BCUT2D eigenvalue weighted by Crippen LogP contribution is -2.44. The topological polar surface area (TPSA) is 91.2 Å². The average molecular weight is 286 g/mol. The molecule has 21 heavy (non-hydrogen) atoms. The highest BCUT2D eigenvalue weighted by Gasteiger charge is 2.38. The fourth-order valence-corrected chi connectivity index (χ4v) is 2.91. The Labute approximate surface area is 122 Å². The maximum atomic E-state index is 12.8. The van der Waals surface area contributed by atoms with Crippen LogP contribution in [0.1, 0.15) is 16.8 Å². The van der Waals surface area contributed by atoms with Gasteiger partial charge in [0.25, 0.3) is 5.91 Å².